The molecular weight excluding hydrogens is 671 g/mol. The summed E-state index contributed by atoms with van der Waals surface area (Å²) in [7, 11) is 0. The van der Waals surface area contributed by atoms with Crippen LogP contribution in [0.15, 0.2) is 0 Å². The van der Waals surface area contributed by atoms with Crippen LogP contribution in [-0.4, -0.2) is 0 Å². The molecule has 0 fully saturated rings. The molecule has 40 valence electrons. The summed E-state index contributed by atoms with van der Waals surface area (Å²) in [6, 6.07) is 0. The summed E-state index contributed by atoms with van der Waals surface area (Å²) in [5.74, 6) is 0. The van der Waals surface area contributed by atoms with E-state index in [0.717, 1.165) is 0 Å². The van der Waals surface area contributed by atoms with Crippen molar-refractivity contribution in [2.75, 3.05) is 0 Å². The first-order chi connectivity index (χ1) is 0. The Hall–Kier alpha value is 5.40. The van der Waals surface area contributed by atoms with Crippen molar-refractivity contribution in [2.24, 2.45) is 0 Å². The largest absolute Gasteiger partial charge is 1.00 e. The van der Waals surface area contributed by atoms with Crippen LogP contribution in [0.2, 0.25) is 0 Å². The van der Waals surface area contributed by atoms with Crippen molar-refractivity contribution in [1.82, 2.24) is 0 Å². The Morgan fingerprint density at radius 1 is 0.667 bits per heavy atom. The number of halogens is 4. The van der Waals surface area contributed by atoms with Crippen molar-refractivity contribution in [3.8, 4) is 0 Å². The van der Waals surface area contributed by atoms with Crippen molar-refractivity contribution in [3.05, 3.63) is 0 Å². The van der Waals surface area contributed by atoms with E-state index in [-0.39, 0.29) is 175 Å². The van der Waals surface area contributed by atoms with Gasteiger partial charge in [-0.1, -0.05) is 0 Å². The average Bonchev–Trinajstić information content (AvgIpc) is 0. The van der Waals surface area contributed by atoms with Gasteiger partial charge < -0.3 is 24.0 Å². The second kappa shape index (κ2) is 31.5. The van der Waals surface area contributed by atoms with Gasteiger partial charge in [-0.25, -0.2) is 0 Å². The van der Waals surface area contributed by atoms with Crippen LogP contribution in [0.1, 0.15) is 0 Å². The van der Waals surface area contributed by atoms with Crippen molar-refractivity contribution in [3.63, 3.8) is 0 Å². The Morgan fingerprint density at radius 3 is 0.667 bits per heavy atom. The number of rotatable bonds is 0. The van der Waals surface area contributed by atoms with Gasteiger partial charge in [0.15, 0.2) is 0 Å². The van der Waals surface area contributed by atoms with Gasteiger partial charge >= 0.3 is 68.9 Å². The number of hydrogen-bond acceptors (Lipinski definition) is 0. The minimum Gasteiger partial charge on any atom is -1.00 e. The quantitative estimate of drug-likeness (QED) is 0.181. The van der Waals surface area contributed by atoms with Crippen LogP contribution in [0.4, 0.5) is 0 Å². The third kappa shape index (κ3) is 22.7. The molecule has 0 radical (unpaired) electrons. The minimum atomic E-state index is 0. The average molecular weight is 678 g/mol. The topological polar surface area (TPSA) is 0 Å². The van der Waals surface area contributed by atoms with Crippen LogP contribution < -0.4 is 92.9 Å². The molecule has 1 atom stereocenters. The molecule has 0 nitrogen and oxygen atoms in total. The van der Waals surface area contributed by atoms with Crippen molar-refractivity contribution < 1.29 is 92.9 Å². The standard InChI is InChI=1S/Cs.4HI.H3P/h;4*1H;1H3/q+1;;;;;/p-1. The Bertz CT molecular complexity index is 7.51. The van der Waals surface area contributed by atoms with Gasteiger partial charge in [0.25, 0.3) is 0 Å². The van der Waals surface area contributed by atoms with Gasteiger partial charge in [0.05, 0.1) is 0 Å². The predicted octanol–water partition coefficient (Wildman–Crippen LogP) is -4.08. The second-order valence-electron chi connectivity index (χ2n) is 0. The molecular formula is H6CsI4P. The molecule has 0 saturated carbocycles. The fourth-order valence-electron chi connectivity index (χ4n) is 0. The van der Waals surface area contributed by atoms with Gasteiger partial charge in [-0.3, -0.25) is 0 Å². The van der Waals surface area contributed by atoms with E-state index in [1.165, 1.54) is 0 Å². The van der Waals surface area contributed by atoms with Crippen LogP contribution in [0.5, 0.6) is 0 Å². The SMILES string of the molecule is I.I.I.P.[Cs+].[I-]. The fraction of sp³-hybridized carbons (Fsp3) is 0. The Morgan fingerprint density at radius 2 is 0.667 bits per heavy atom. The summed E-state index contributed by atoms with van der Waals surface area (Å²) in [5, 5.41) is 0. The van der Waals surface area contributed by atoms with E-state index in [2.05, 4.69) is 0 Å². The molecule has 0 saturated heterocycles. The third-order valence-electron chi connectivity index (χ3n) is 0. The van der Waals surface area contributed by atoms with Gasteiger partial charge in [-0.05, 0) is 0 Å². The first kappa shape index (κ1) is 42.3. The van der Waals surface area contributed by atoms with Crippen molar-refractivity contribution in [1.29, 1.82) is 0 Å². The van der Waals surface area contributed by atoms with Gasteiger partial charge in [0, 0.05) is 0 Å². The zero-order valence-corrected chi connectivity index (χ0v) is 20.2. The first-order valence-corrected chi connectivity index (χ1v) is 0. The Kier molecular flexibility index (Phi) is 222. The van der Waals surface area contributed by atoms with Crippen LogP contribution in [-0.2, 0) is 0 Å². The third-order valence-corrected chi connectivity index (χ3v) is 0. The summed E-state index contributed by atoms with van der Waals surface area (Å²) in [6.45, 7) is 0. The zero-order valence-electron chi connectivity index (χ0n) is 3.31. The van der Waals surface area contributed by atoms with E-state index in [4.69, 9.17) is 0 Å². The molecule has 6 heteroatoms. The van der Waals surface area contributed by atoms with E-state index in [1.54, 1.807) is 0 Å². The molecule has 0 aromatic rings. The van der Waals surface area contributed by atoms with Crippen LogP contribution in [0.25, 0.3) is 0 Å². The smallest absolute Gasteiger partial charge is 1.00 e. The molecule has 0 aliphatic heterocycles. The molecule has 0 bridgehead atoms. The minimum absolute atomic E-state index is 0. The fourth-order valence-corrected chi connectivity index (χ4v) is 0. The van der Waals surface area contributed by atoms with E-state index in [9.17, 15) is 0 Å². The molecule has 0 spiro atoms. The Labute approximate surface area is 169 Å². The van der Waals surface area contributed by atoms with Crippen LogP contribution >= 0.6 is 81.8 Å². The molecule has 0 aromatic carbocycles. The molecule has 0 aliphatic carbocycles. The number of hydrogen-bond donors (Lipinski definition) is 0. The zero-order chi connectivity index (χ0) is 0. The van der Waals surface area contributed by atoms with Gasteiger partial charge in [0.1, 0.15) is 0 Å². The van der Waals surface area contributed by atoms with Gasteiger partial charge in [0.2, 0.25) is 0 Å². The summed E-state index contributed by atoms with van der Waals surface area (Å²) >= 11 is 0. The predicted molar refractivity (Wildman–Crippen MR) is 57.4 cm³/mol. The van der Waals surface area contributed by atoms with E-state index in [0.29, 0.717) is 0 Å². The molecule has 0 aromatic heterocycles. The van der Waals surface area contributed by atoms with Crippen LogP contribution in [0, 0.1) is 0 Å². The molecule has 0 rings (SSSR count). The summed E-state index contributed by atoms with van der Waals surface area (Å²) in [5.41, 5.74) is 0. The molecule has 0 aliphatic rings. The monoisotopic (exact) mass is 678 g/mol. The normalized spacial score (nSPS) is 0. The van der Waals surface area contributed by atoms with E-state index >= 15 is 0 Å². The summed E-state index contributed by atoms with van der Waals surface area (Å²) in [4.78, 5) is 0. The second-order valence-corrected chi connectivity index (χ2v) is 0. The van der Waals surface area contributed by atoms with Gasteiger partial charge in [-0.15, -0.1) is 71.9 Å². The van der Waals surface area contributed by atoms with E-state index in [1.807, 2.05) is 0 Å². The molecule has 1 unspecified atom stereocenters. The van der Waals surface area contributed by atoms with Gasteiger partial charge in [-0.2, -0.15) is 9.90 Å². The molecule has 6 heavy (non-hydrogen) atoms. The van der Waals surface area contributed by atoms with Crippen molar-refractivity contribution >= 4 is 81.8 Å². The van der Waals surface area contributed by atoms with E-state index < -0.39 is 0 Å². The molecule has 0 amide bonds. The maximum atomic E-state index is 0. The molecule has 0 heterocycles. The van der Waals surface area contributed by atoms with Crippen LogP contribution in [0.3, 0.4) is 0 Å². The Balaban J connectivity index is 0. The maximum Gasteiger partial charge on any atom is 1.00 e. The first-order valence-electron chi connectivity index (χ1n) is 0. The maximum absolute atomic E-state index is 0. The van der Waals surface area contributed by atoms with Crippen molar-refractivity contribution in [2.45, 2.75) is 0 Å². The summed E-state index contributed by atoms with van der Waals surface area (Å²) in [6.07, 6.45) is 0. The molecule has 0 N–H and O–H groups in total. The summed E-state index contributed by atoms with van der Waals surface area (Å²) < 4.78 is 0.